The zero-order valence-electron chi connectivity index (χ0n) is 11.1. The van der Waals surface area contributed by atoms with Crippen molar-refractivity contribution in [1.29, 1.82) is 0 Å². The van der Waals surface area contributed by atoms with Crippen LogP contribution in [0.25, 0.3) is 5.69 Å². The minimum atomic E-state index is -4.32. The van der Waals surface area contributed by atoms with E-state index in [0.717, 1.165) is 11.6 Å². The molecule has 0 bridgehead atoms. The van der Waals surface area contributed by atoms with Gasteiger partial charge >= 0.3 is 6.18 Å². The Hall–Kier alpha value is -1.71. The second-order valence-electron chi connectivity index (χ2n) is 5.57. The third kappa shape index (κ3) is 2.83. The molecule has 0 radical (unpaired) electrons. The van der Waals surface area contributed by atoms with Crippen LogP contribution in [-0.4, -0.2) is 4.57 Å². The lowest BCUT2D eigenvalue weighted by Gasteiger charge is -2.24. The van der Waals surface area contributed by atoms with Crippen molar-refractivity contribution >= 4 is 0 Å². The average Bonchev–Trinajstić information content (AvgIpc) is 2.79. The number of benzene rings is 1. The Labute approximate surface area is 110 Å². The van der Waals surface area contributed by atoms with Gasteiger partial charge in [0.1, 0.15) is 0 Å². The molecule has 0 atom stereocenters. The van der Waals surface area contributed by atoms with E-state index in [4.69, 9.17) is 0 Å². The van der Waals surface area contributed by atoms with Crippen molar-refractivity contribution in [2.75, 3.05) is 0 Å². The Bertz CT molecular complexity index is 560. The smallest absolute Gasteiger partial charge is 0.324 e. The molecule has 0 spiro atoms. The molecule has 0 amide bonds. The summed E-state index contributed by atoms with van der Waals surface area (Å²) in [5.74, 6) is 0. The third-order valence-corrected chi connectivity index (χ3v) is 3.02. The average molecular weight is 267 g/mol. The molecular weight excluding hydrogens is 251 g/mol. The summed E-state index contributed by atoms with van der Waals surface area (Å²) >= 11 is 0. The molecular formula is C15H16F3N. The number of hydrogen-bond acceptors (Lipinski definition) is 0. The topological polar surface area (TPSA) is 4.93 Å². The molecule has 1 aromatic heterocycles. The van der Waals surface area contributed by atoms with E-state index in [-0.39, 0.29) is 5.41 Å². The Morgan fingerprint density at radius 1 is 0.947 bits per heavy atom. The van der Waals surface area contributed by atoms with Crippen molar-refractivity contribution in [3.63, 3.8) is 0 Å². The molecule has 0 aliphatic heterocycles. The van der Waals surface area contributed by atoms with Crippen LogP contribution >= 0.6 is 0 Å². The Kier molecular flexibility index (Phi) is 3.20. The highest BCUT2D eigenvalue weighted by Crippen LogP contribution is 2.35. The van der Waals surface area contributed by atoms with E-state index in [9.17, 15) is 13.2 Å². The highest BCUT2D eigenvalue weighted by atomic mass is 19.4. The molecule has 0 aliphatic carbocycles. The molecule has 0 saturated carbocycles. The SMILES string of the molecule is CC(C)(C)c1ccc(C(F)(F)F)cc1-n1cccc1. The molecule has 102 valence electrons. The van der Waals surface area contributed by atoms with Crippen LogP contribution in [0.15, 0.2) is 42.7 Å². The van der Waals surface area contributed by atoms with Crippen molar-refractivity contribution < 1.29 is 13.2 Å². The molecule has 2 aromatic rings. The minimum Gasteiger partial charge on any atom is -0.324 e. The molecule has 0 unspecified atom stereocenters. The fourth-order valence-electron chi connectivity index (χ4n) is 2.05. The van der Waals surface area contributed by atoms with E-state index in [2.05, 4.69) is 0 Å². The number of nitrogens with zero attached hydrogens (tertiary/aromatic N) is 1. The van der Waals surface area contributed by atoms with Gasteiger partial charge in [0.05, 0.1) is 5.56 Å². The van der Waals surface area contributed by atoms with E-state index in [1.807, 2.05) is 20.8 Å². The number of rotatable bonds is 1. The van der Waals surface area contributed by atoms with Crippen molar-refractivity contribution in [3.8, 4) is 5.69 Å². The van der Waals surface area contributed by atoms with Crippen LogP contribution < -0.4 is 0 Å². The Morgan fingerprint density at radius 3 is 2.00 bits per heavy atom. The molecule has 0 fully saturated rings. The van der Waals surface area contributed by atoms with Gasteiger partial charge in [-0.2, -0.15) is 13.2 Å². The van der Waals surface area contributed by atoms with Crippen molar-refractivity contribution in [2.45, 2.75) is 32.4 Å². The first-order valence-corrected chi connectivity index (χ1v) is 6.04. The van der Waals surface area contributed by atoms with Gasteiger partial charge in [-0.1, -0.05) is 26.8 Å². The highest BCUT2D eigenvalue weighted by molar-refractivity contribution is 5.48. The molecule has 1 nitrogen and oxygen atoms in total. The molecule has 0 saturated heterocycles. The largest absolute Gasteiger partial charge is 0.416 e. The number of hydrogen-bond donors (Lipinski definition) is 0. The van der Waals surface area contributed by atoms with E-state index in [1.165, 1.54) is 6.07 Å². The van der Waals surface area contributed by atoms with Crippen molar-refractivity contribution in [2.24, 2.45) is 0 Å². The first-order chi connectivity index (χ1) is 8.69. The molecule has 2 rings (SSSR count). The summed E-state index contributed by atoms with van der Waals surface area (Å²) in [6.45, 7) is 5.97. The maximum Gasteiger partial charge on any atom is 0.416 e. The molecule has 4 heteroatoms. The Balaban J connectivity index is 2.65. The van der Waals surface area contributed by atoms with Crippen LogP contribution in [0.1, 0.15) is 31.9 Å². The zero-order valence-corrected chi connectivity index (χ0v) is 11.1. The van der Waals surface area contributed by atoms with E-state index >= 15 is 0 Å². The van der Waals surface area contributed by atoms with E-state index in [0.29, 0.717) is 5.69 Å². The summed E-state index contributed by atoms with van der Waals surface area (Å²) < 4.78 is 40.2. The van der Waals surface area contributed by atoms with Gasteiger partial charge in [-0.05, 0) is 35.2 Å². The van der Waals surface area contributed by atoms with Crippen LogP contribution in [0, 0.1) is 0 Å². The highest BCUT2D eigenvalue weighted by Gasteiger charge is 2.32. The number of aromatic nitrogens is 1. The predicted octanol–water partition coefficient (Wildman–Crippen LogP) is 4.79. The molecule has 0 aliphatic rings. The molecule has 1 heterocycles. The first kappa shape index (κ1) is 13.7. The van der Waals surface area contributed by atoms with Gasteiger partial charge in [-0.3, -0.25) is 0 Å². The van der Waals surface area contributed by atoms with Gasteiger partial charge in [0.15, 0.2) is 0 Å². The summed E-state index contributed by atoms with van der Waals surface area (Å²) in [5, 5.41) is 0. The summed E-state index contributed by atoms with van der Waals surface area (Å²) in [6, 6.07) is 7.52. The fourth-order valence-corrected chi connectivity index (χ4v) is 2.05. The summed E-state index contributed by atoms with van der Waals surface area (Å²) in [5.41, 5.74) is 0.622. The monoisotopic (exact) mass is 267 g/mol. The van der Waals surface area contributed by atoms with Crippen LogP contribution in [0.4, 0.5) is 13.2 Å². The number of halogens is 3. The third-order valence-electron chi connectivity index (χ3n) is 3.02. The van der Waals surface area contributed by atoms with Crippen LogP contribution in [-0.2, 0) is 11.6 Å². The van der Waals surface area contributed by atoms with Gasteiger partial charge < -0.3 is 4.57 Å². The van der Waals surface area contributed by atoms with Crippen LogP contribution in [0.5, 0.6) is 0 Å². The predicted molar refractivity (Wildman–Crippen MR) is 69.5 cm³/mol. The summed E-state index contributed by atoms with van der Waals surface area (Å²) in [4.78, 5) is 0. The van der Waals surface area contributed by atoms with E-state index < -0.39 is 11.7 Å². The van der Waals surface area contributed by atoms with Crippen molar-refractivity contribution in [3.05, 3.63) is 53.9 Å². The minimum absolute atomic E-state index is 0.219. The molecule has 0 N–H and O–H groups in total. The normalized spacial score (nSPS) is 12.7. The number of alkyl halides is 3. The Morgan fingerprint density at radius 2 is 1.53 bits per heavy atom. The molecule has 1 aromatic carbocycles. The quantitative estimate of drug-likeness (QED) is 0.699. The van der Waals surface area contributed by atoms with Gasteiger partial charge in [0, 0.05) is 18.1 Å². The standard InChI is InChI=1S/C15H16F3N/c1-14(2,3)12-7-6-11(15(16,17)18)10-13(12)19-8-4-5-9-19/h4-10H,1-3H3. The maximum atomic E-state index is 12.8. The lowest BCUT2D eigenvalue weighted by Crippen LogP contribution is -2.16. The lowest BCUT2D eigenvalue weighted by molar-refractivity contribution is -0.137. The lowest BCUT2D eigenvalue weighted by atomic mass is 9.85. The summed E-state index contributed by atoms with van der Waals surface area (Å²) in [7, 11) is 0. The van der Waals surface area contributed by atoms with Gasteiger partial charge in [-0.25, -0.2) is 0 Å². The van der Waals surface area contributed by atoms with Gasteiger partial charge in [0.25, 0.3) is 0 Å². The van der Waals surface area contributed by atoms with Gasteiger partial charge in [-0.15, -0.1) is 0 Å². The zero-order chi connectivity index (χ0) is 14.3. The molecule has 19 heavy (non-hydrogen) atoms. The second-order valence-corrected chi connectivity index (χ2v) is 5.57. The van der Waals surface area contributed by atoms with E-state index in [1.54, 1.807) is 35.2 Å². The maximum absolute atomic E-state index is 12.8. The first-order valence-electron chi connectivity index (χ1n) is 6.04. The van der Waals surface area contributed by atoms with Gasteiger partial charge in [0.2, 0.25) is 0 Å². The van der Waals surface area contributed by atoms with Crippen LogP contribution in [0.2, 0.25) is 0 Å². The summed E-state index contributed by atoms with van der Waals surface area (Å²) in [6.07, 6.45) is -0.812. The second kappa shape index (κ2) is 4.44. The van der Waals surface area contributed by atoms with Crippen molar-refractivity contribution in [1.82, 2.24) is 4.57 Å². The fraction of sp³-hybridized carbons (Fsp3) is 0.333. The van der Waals surface area contributed by atoms with Crippen LogP contribution in [0.3, 0.4) is 0 Å².